The van der Waals surface area contributed by atoms with E-state index in [1.807, 2.05) is 5.32 Å². The molecule has 7 heavy (non-hydrogen) atoms. The summed E-state index contributed by atoms with van der Waals surface area (Å²) in [6.45, 7) is 4.39. The van der Waals surface area contributed by atoms with E-state index in [4.69, 9.17) is 0 Å². The van der Waals surface area contributed by atoms with Crippen LogP contribution in [0, 0.1) is 7.05 Å². The second-order valence-corrected chi connectivity index (χ2v) is 2.00. The molecule has 0 spiro atoms. The molecule has 0 rings (SSSR count). The highest BCUT2D eigenvalue weighted by Gasteiger charge is 1.92. The van der Waals surface area contributed by atoms with Crippen molar-refractivity contribution < 1.29 is 5.32 Å². The quantitative estimate of drug-likeness (QED) is 0.499. The summed E-state index contributed by atoms with van der Waals surface area (Å²) >= 11 is 0. The molecule has 0 aromatic heterocycles. The maximum atomic E-state index is 3.68. The van der Waals surface area contributed by atoms with Crippen LogP contribution in [0.15, 0.2) is 0 Å². The van der Waals surface area contributed by atoms with Crippen LogP contribution in [0.4, 0.5) is 0 Å². The second-order valence-electron chi connectivity index (χ2n) is 2.00. The first kappa shape index (κ1) is 6.96. The molecule has 1 heteroatoms. The Morgan fingerprint density at radius 2 is 2.29 bits per heavy atom. The number of hydrogen-bond donors (Lipinski definition) is 1. The molecule has 0 aromatic rings. The SMILES string of the molecule is [CH2-][NH2+]C(C)CCC. The van der Waals surface area contributed by atoms with Crippen LogP contribution in [0.1, 0.15) is 26.7 Å². The van der Waals surface area contributed by atoms with E-state index < -0.39 is 0 Å². The zero-order chi connectivity index (χ0) is 5.70. The molecule has 1 unspecified atom stereocenters. The summed E-state index contributed by atoms with van der Waals surface area (Å²) in [5.41, 5.74) is 0. The molecule has 2 N–H and O–H groups in total. The number of hydrogen-bond acceptors (Lipinski definition) is 0. The topological polar surface area (TPSA) is 16.6 Å². The van der Waals surface area contributed by atoms with Crippen molar-refractivity contribution in [3.8, 4) is 0 Å². The van der Waals surface area contributed by atoms with Crippen molar-refractivity contribution in [2.24, 2.45) is 0 Å². The van der Waals surface area contributed by atoms with Gasteiger partial charge in [0.1, 0.15) is 0 Å². The van der Waals surface area contributed by atoms with Gasteiger partial charge in [0.15, 0.2) is 0 Å². The minimum Gasteiger partial charge on any atom is -0.477 e. The summed E-state index contributed by atoms with van der Waals surface area (Å²) in [5.74, 6) is 0. The average Bonchev–Trinajstić information content (AvgIpc) is 1.68. The van der Waals surface area contributed by atoms with Crippen LogP contribution >= 0.6 is 0 Å². The molecular weight excluding hydrogens is 86.1 g/mol. The van der Waals surface area contributed by atoms with Crippen LogP contribution in [0.25, 0.3) is 0 Å². The van der Waals surface area contributed by atoms with E-state index in [9.17, 15) is 0 Å². The van der Waals surface area contributed by atoms with Gasteiger partial charge in [0.2, 0.25) is 0 Å². The Hall–Kier alpha value is -0.0400. The lowest BCUT2D eigenvalue weighted by molar-refractivity contribution is -0.630. The van der Waals surface area contributed by atoms with E-state index in [0.29, 0.717) is 6.04 Å². The van der Waals surface area contributed by atoms with Crippen molar-refractivity contribution in [3.63, 3.8) is 0 Å². The van der Waals surface area contributed by atoms with Crippen molar-refractivity contribution in [1.82, 2.24) is 0 Å². The third kappa shape index (κ3) is 3.80. The Balaban J connectivity index is 2.83. The molecule has 0 aliphatic carbocycles. The highest BCUT2D eigenvalue weighted by atomic mass is 14.8. The molecule has 1 atom stereocenters. The minimum atomic E-state index is 0.713. The fourth-order valence-electron chi connectivity index (χ4n) is 0.573. The Morgan fingerprint density at radius 3 is 2.43 bits per heavy atom. The smallest absolute Gasteiger partial charge is 0.0591 e. The Labute approximate surface area is 46.1 Å². The van der Waals surface area contributed by atoms with Gasteiger partial charge in [-0.25, -0.2) is 0 Å². The van der Waals surface area contributed by atoms with Gasteiger partial charge in [-0.05, 0) is 13.3 Å². The molecule has 1 nitrogen and oxygen atoms in total. The molecule has 0 aliphatic rings. The molecule has 0 aromatic carbocycles. The summed E-state index contributed by atoms with van der Waals surface area (Å²) in [5, 5.41) is 2.00. The molecule has 44 valence electrons. The van der Waals surface area contributed by atoms with Crippen LogP contribution in [0.2, 0.25) is 0 Å². The van der Waals surface area contributed by atoms with Crippen molar-refractivity contribution in [2.45, 2.75) is 32.7 Å². The number of nitrogens with two attached hydrogens (primary N) is 1. The fraction of sp³-hybridized carbons (Fsp3) is 0.833. The maximum Gasteiger partial charge on any atom is 0.0591 e. The lowest BCUT2D eigenvalue weighted by atomic mass is 10.2. The lowest BCUT2D eigenvalue weighted by Gasteiger charge is -2.07. The highest BCUT2D eigenvalue weighted by molar-refractivity contribution is 4.40. The highest BCUT2D eigenvalue weighted by Crippen LogP contribution is 1.87. The van der Waals surface area contributed by atoms with Gasteiger partial charge in [-0.2, -0.15) is 7.05 Å². The predicted octanol–water partition coefficient (Wildman–Crippen LogP) is 0.530. The molecule has 0 saturated heterocycles. The summed E-state index contributed by atoms with van der Waals surface area (Å²) in [6, 6.07) is 0.713. The molecule has 0 bridgehead atoms. The van der Waals surface area contributed by atoms with Crippen LogP contribution in [-0.2, 0) is 0 Å². The van der Waals surface area contributed by atoms with Gasteiger partial charge in [-0.1, -0.05) is 13.3 Å². The van der Waals surface area contributed by atoms with Gasteiger partial charge in [0.05, 0.1) is 6.04 Å². The number of quaternary nitrogens is 1. The summed E-state index contributed by atoms with van der Waals surface area (Å²) in [6.07, 6.45) is 2.55. The van der Waals surface area contributed by atoms with Crippen LogP contribution in [0.5, 0.6) is 0 Å². The summed E-state index contributed by atoms with van der Waals surface area (Å²) in [4.78, 5) is 0. The molecule has 0 aliphatic heterocycles. The van der Waals surface area contributed by atoms with E-state index >= 15 is 0 Å². The zero-order valence-electron chi connectivity index (χ0n) is 5.28. The van der Waals surface area contributed by atoms with E-state index in [-0.39, 0.29) is 0 Å². The monoisotopic (exact) mass is 101 g/mol. The molecule has 0 saturated carbocycles. The maximum absolute atomic E-state index is 3.68. The first-order valence-corrected chi connectivity index (χ1v) is 2.93. The first-order valence-electron chi connectivity index (χ1n) is 2.93. The van der Waals surface area contributed by atoms with Crippen molar-refractivity contribution in [2.75, 3.05) is 0 Å². The normalized spacial score (nSPS) is 14.1. The van der Waals surface area contributed by atoms with Crippen molar-refractivity contribution in [3.05, 3.63) is 7.05 Å². The largest absolute Gasteiger partial charge is 0.477 e. The third-order valence-corrected chi connectivity index (χ3v) is 1.15. The Kier molecular flexibility index (Phi) is 4.10. The minimum absolute atomic E-state index is 0.713. The molecule has 0 heterocycles. The van der Waals surface area contributed by atoms with Gasteiger partial charge in [0, 0.05) is 0 Å². The average molecular weight is 101 g/mol. The molecule has 0 amide bonds. The first-order chi connectivity index (χ1) is 3.31. The van der Waals surface area contributed by atoms with E-state index in [0.717, 1.165) is 0 Å². The third-order valence-electron chi connectivity index (χ3n) is 1.15. The van der Waals surface area contributed by atoms with Crippen molar-refractivity contribution in [1.29, 1.82) is 0 Å². The predicted molar refractivity (Wildman–Crippen MR) is 31.7 cm³/mol. The van der Waals surface area contributed by atoms with Crippen LogP contribution in [0.3, 0.4) is 0 Å². The molecule has 0 radical (unpaired) electrons. The van der Waals surface area contributed by atoms with Gasteiger partial charge >= 0.3 is 0 Å². The van der Waals surface area contributed by atoms with Gasteiger partial charge in [-0.3, -0.25) is 0 Å². The van der Waals surface area contributed by atoms with E-state index in [1.165, 1.54) is 12.8 Å². The lowest BCUT2D eigenvalue weighted by Crippen LogP contribution is -2.82. The van der Waals surface area contributed by atoms with Gasteiger partial charge in [-0.15, -0.1) is 0 Å². The molecule has 0 fully saturated rings. The molecular formula is C6H15N. The fourth-order valence-corrected chi connectivity index (χ4v) is 0.573. The Morgan fingerprint density at radius 1 is 1.71 bits per heavy atom. The van der Waals surface area contributed by atoms with E-state index in [2.05, 4.69) is 20.9 Å². The van der Waals surface area contributed by atoms with Crippen molar-refractivity contribution >= 4 is 0 Å². The van der Waals surface area contributed by atoms with E-state index in [1.54, 1.807) is 0 Å². The Bertz CT molecular complexity index is 35.2. The standard InChI is InChI=1S/C6H15N/c1-4-5-6(2)7-3/h6H,3-5,7H2,1-2H3. The zero-order valence-corrected chi connectivity index (χ0v) is 5.28. The number of rotatable bonds is 3. The summed E-state index contributed by atoms with van der Waals surface area (Å²) < 4.78 is 0. The summed E-state index contributed by atoms with van der Waals surface area (Å²) in [7, 11) is 3.68. The van der Waals surface area contributed by atoms with Gasteiger partial charge in [0.25, 0.3) is 0 Å². The van der Waals surface area contributed by atoms with Crippen LogP contribution in [-0.4, -0.2) is 6.04 Å². The van der Waals surface area contributed by atoms with Gasteiger partial charge < -0.3 is 5.32 Å². The second kappa shape index (κ2) is 4.13. The van der Waals surface area contributed by atoms with Crippen LogP contribution < -0.4 is 5.32 Å².